The van der Waals surface area contributed by atoms with Crippen molar-refractivity contribution in [3.8, 4) is 11.5 Å². The molecule has 1 aromatic carbocycles. The van der Waals surface area contributed by atoms with Crippen LogP contribution in [-0.2, 0) is 4.79 Å². The van der Waals surface area contributed by atoms with Crippen molar-refractivity contribution < 1.29 is 23.8 Å². The number of methoxy groups -OCH3 is 2. The van der Waals surface area contributed by atoms with Gasteiger partial charge in [0.1, 0.15) is 6.04 Å². The fraction of sp³-hybridized carbons (Fsp3) is 0.364. The average molecular weight is 243 g/mol. The highest BCUT2D eigenvalue weighted by Crippen LogP contribution is 2.37. The van der Waals surface area contributed by atoms with Gasteiger partial charge in [0, 0.05) is 5.56 Å². The van der Waals surface area contributed by atoms with Crippen LogP contribution < -0.4 is 15.2 Å². The van der Waals surface area contributed by atoms with Gasteiger partial charge in [-0.3, -0.25) is 4.79 Å². The van der Waals surface area contributed by atoms with E-state index in [0.717, 1.165) is 0 Å². The number of rotatable bonds is 4. The van der Waals surface area contributed by atoms with Crippen molar-refractivity contribution in [1.29, 1.82) is 0 Å². The van der Waals surface area contributed by atoms with Crippen LogP contribution in [0.2, 0.25) is 0 Å². The van der Waals surface area contributed by atoms with Gasteiger partial charge in [0.2, 0.25) is 0 Å². The van der Waals surface area contributed by atoms with Gasteiger partial charge in [-0.2, -0.15) is 0 Å². The van der Waals surface area contributed by atoms with E-state index in [1.54, 1.807) is 6.92 Å². The number of halogens is 1. The Morgan fingerprint density at radius 2 is 1.94 bits per heavy atom. The van der Waals surface area contributed by atoms with E-state index in [0.29, 0.717) is 5.56 Å². The molecule has 0 spiro atoms. The van der Waals surface area contributed by atoms with Gasteiger partial charge >= 0.3 is 5.97 Å². The Labute approximate surface area is 97.9 Å². The molecule has 0 saturated heterocycles. The van der Waals surface area contributed by atoms with Gasteiger partial charge in [-0.05, 0) is 18.6 Å². The lowest BCUT2D eigenvalue weighted by atomic mass is 10.0. The highest BCUT2D eigenvalue weighted by molar-refractivity contribution is 5.76. The summed E-state index contributed by atoms with van der Waals surface area (Å²) in [5.74, 6) is -2.04. The van der Waals surface area contributed by atoms with Crippen molar-refractivity contribution in [3.05, 3.63) is 23.0 Å². The summed E-state index contributed by atoms with van der Waals surface area (Å²) >= 11 is 0. The van der Waals surface area contributed by atoms with E-state index in [2.05, 4.69) is 0 Å². The first-order valence-corrected chi connectivity index (χ1v) is 4.83. The third-order valence-corrected chi connectivity index (χ3v) is 2.40. The van der Waals surface area contributed by atoms with Gasteiger partial charge in [0.05, 0.1) is 14.2 Å². The van der Waals surface area contributed by atoms with E-state index in [-0.39, 0.29) is 17.1 Å². The van der Waals surface area contributed by atoms with Crippen LogP contribution in [0.5, 0.6) is 11.5 Å². The zero-order chi connectivity index (χ0) is 13.2. The standard InChI is InChI=1S/C11H14FNO4/c1-5-4-6(8(13)11(14)15)7(12)10(17-3)9(5)16-2/h4,8H,13H2,1-3H3,(H,14,15). The van der Waals surface area contributed by atoms with E-state index in [9.17, 15) is 9.18 Å². The Kier molecular flexibility index (Phi) is 3.90. The van der Waals surface area contributed by atoms with Crippen LogP contribution in [0.4, 0.5) is 4.39 Å². The van der Waals surface area contributed by atoms with E-state index < -0.39 is 17.8 Å². The summed E-state index contributed by atoms with van der Waals surface area (Å²) in [7, 11) is 2.65. The molecule has 94 valence electrons. The molecule has 0 aliphatic carbocycles. The Balaban J connectivity index is 3.45. The number of ether oxygens (including phenoxy) is 2. The zero-order valence-corrected chi connectivity index (χ0v) is 9.78. The first-order chi connectivity index (χ1) is 7.93. The number of hydrogen-bond acceptors (Lipinski definition) is 4. The van der Waals surface area contributed by atoms with Crippen molar-refractivity contribution in [2.75, 3.05) is 14.2 Å². The monoisotopic (exact) mass is 243 g/mol. The number of carbonyl (C=O) groups is 1. The largest absolute Gasteiger partial charge is 0.492 e. The Morgan fingerprint density at radius 3 is 2.35 bits per heavy atom. The lowest BCUT2D eigenvalue weighted by Crippen LogP contribution is -2.22. The summed E-state index contributed by atoms with van der Waals surface area (Å²) in [4.78, 5) is 10.8. The van der Waals surface area contributed by atoms with Crippen LogP contribution in [0.3, 0.4) is 0 Å². The molecular weight excluding hydrogens is 229 g/mol. The minimum absolute atomic E-state index is 0.132. The molecule has 0 bridgehead atoms. The number of aliphatic carboxylic acids is 1. The number of benzene rings is 1. The second kappa shape index (κ2) is 5.01. The molecule has 3 N–H and O–H groups in total. The highest BCUT2D eigenvalue weighted by Gasteiger charge is 2.25. The van der Waals surface area contributed by atoms with Crippen LogP contribution in [-0.4, -0.2) is 25.3 Å². The Morgan fingerprint density at radius 1 is 1.41 bits per heavy atom. The van der Waals surface area contributed by atoms with Crippen LogP contribution >= 0.6 is 0 Å². The summed E-state index contributed by atoms with van der Waals surface area (Å²) in [5.41, 5.74) is 5.81. The normalized spacial score (nSPS) is 12.1. The number of carboxylic acids is 1. The van der Waals surface area contributed by atoms with Gasteiger partial charge in [-0.25, -0.2) is 4.39 Å². The van der Waals surface area contributed by atoms with Crippen molar-refractivity contribution >= 4 is 5.97 Å². The number of aryl methyl sites for hydroxylation is 1. The summed E-state index contributed by atoms with van der Waals surface area (Å²) in [6.07, 6.45) is 0. The smallest absolute Gasteiger partial charge is 0.325 e. The average Bonchev–Trinajstić information content (AvgIpc) is 2.29. The predicted octanol–water partition coefficient (Wildman–Crippen LogP) is 1.24. The van der Waals surface area contributed by atoms with Crippen molar-refractivity contribution in [3.63, 3.8) is 0 Å². The molecule has 1 atom stereocenters. The predicted molar refractivity (Wildman–Crippen MR) is 58.8 cm³/mol. The third-order valence-electron chi connectivity index (χ3n) is 2.40. The van der Waals surface area contributed by atoms with E-state index in [1.807, 2.05) is 0 Å². The molecule has 1 unspecified atom stereocenters. The molecule has 6 heteroatoms. The summed E-state index contributed by atoms with van der Waals surface area (Å²) in [5, 5.41) is 8.78. The van der Waals surface area contributed by atoms with Gasteiger partial charge in [-0.15, -0.1) is 0 Å². The minimum Gasteiger partial charge on any atom is -0.492 e. The first-order valence-electron chi connectivity index (χ1n) is 4.83. The SMILES string of the molecule is COc1c(C)cc(C(N)C(=O)O)c(F)c1OC. The van der Waals surface area contributed by atoms with Crippen LogP contribution in [0.1, 0.15) is 17.2 Å². The quantitative estimate of drug-likeness (QED) is 0.831. The third kappa shape index (κ3) is 2.31. The molecule has 1 rings (SSSR count). The summed E-state index contributed by atoms with van der Waals surface area (Å²) in [6.45, 7) is 1.65. The highest BCUT2D eigenvalue weighted by atomic mass is 19.1. The fourth-order valence-electron chi connectivity index (χ4n) is 1.57. The second-order valence-electron chi connectivity index (χ2n) is 3.48. The van der Waals surface area contributed by atoms with Crippen LogP contribution in [0, 0.1) is 12.7 Å². The summed E-state index contributed by atoms with van der Waals surface area (Å²) in [6, 6.07) is -0.0938. The number of hydrogen-bond donors (Lipinski definition) is 2. The zero-order valence-electron chi connectivity index (χ0n) is 9.78. The molecule has 0 fully saturated rings. The molecule has 5 nitrogen and oxygen atoms in total. The molecule has 0 amide bonds. The van der Waals surface area contributed by atoms with Gasteiger partial charge in [-0.1, -0.05) is 0 Å². The van der Waals surface area contributed by atoms with Crippen LogP contribution in [0.15, 0.2) is 6.07 Å². The van der Waals surface area contributed by atoms with Crippen LogP contribution in [0.25, 0.3) is 0 Å². The number of nitrogens with two attached hydrogens (primary N) is 1. The maximum Gasteiger partial charge on any atom is 0.325 e. The first kappa shape index (κ1) is 13.2. The maximum absolute atomic E-state index is 14.0. The topological polar surface area (TPSA) is 81.8 Å². The molecule has 0 aliphatic rings. The molecule has 0 aliphatic heterocycles. The molecular formula is C11H14FNO4. The Bertz CT molecular complexity index is 448. The van der Waals surface area contributed by atoms with Gasteiger partial charge in [0.15, 0.2) is 17.3 Å². The summed E-state index contributed by atoms with van der Waals surface area (Å²) < 4.78 is 23.8. The van der Waals surface area contributed by atoms with Gasteiger partial charge < -0.3 is 20.3 Å². The molecule has 0 aromatic heterocycles. The molecule has 1 aromatic rings. The molecule has 0 heterocycles. The lowest BCUT2D eigenvalue weighted by Gasteiger charge is -2.16. The van der Waals surface area contributed by atoms with Crippen molar-refractivity contribution in [1.82, 2.24) is 0 Å². The maximum atomic E-state index is 14.0. The second-order valence-corrected chi connectivity index (χ2v) is 3.48. The molecule has 0 radical (unpaired) electrons. The van der Waals surface area contributed by atoms with Crippen molar-refractivity contribution in [2.45, 2.75) is 13.0 Å². The van der Waals surface area contributed by atoms with E-state index in [1.165, 1.54) is 20.3 Å². The number of carboxylic acid groups (broad SMARTS) is 1. The van der Waals surface area contributed by atoms with E-state index in [4.69, 9.17) is 20.3 Å². The fourth-order valence-corrected chi connectivity index (χ4v) is 1.57. The van der Waals surface area contributed by atoms with E-state index >= 15 is 0 Å². The molecule has 17 heavy (non-hydrogen) atoms. The van der Waals surface area contributed by atoms with Gasteiger partial charge in [0.25, 0.3) is 0 Å². The lowest BCUT2D eigenvalue weighted by molar-refractivity contribution is -0.138. The Hall–Kier alpha value is -1.82. The van der Waals surface area contributed by atoms with Crippen molar-refractivity contribution in [2.24, 2.45) is 5.73 Å². The molecule has 0 saturated carbocycles. The minimum atomic E-state index is -1.44.